The van der Waals surface area contributed by atoms with Crippen LogP contribution in [0.25, 0.3) is 0 Å². The Kier molecular flexibility index (Phi) is 6.03. The Labute approximate surface area is 93.6 Å². The Morgan fingerprint density at radius 1 is 1.40 bits per heavy atom. The zero-order valence-electron chi connectivity index (χ0n) is 8.67. The van der Waals surface area contributed by atoms with Crippen molar-refractivity contribution in [3.05, 3.63) is 12.7 Å². The van der Waals surface area contributed by atoms with Gasteiger partial charge in [0.15, 0.2) is 0 Å². The van der Waals surface area contributed by atoms with Gasteiger partial charge in [-0.3, -0.25) is 0 Å². The summed E-state index contributed by atoms with van der Waals surface area (Å²) in [6.07, 6.45) is 4.77. The van der Waals surface area contributed by atoms with Crippen LogP contribution in [-0.4, -0.2) is 37.7 Å². The average Bonchev–Trinajstić information content (AvgIpc) is 2.66. The van der Waals surface area contributed by atoms with Gasteiger partial charge in [0.2, 0.25) is 5.16 Å². The van der Waals surface area contributed by atoms with E-state index in [1.807, 2.05) is 0 Å². The fourth-order valence-corrected chi connectivity index (χ4v) is 1.98. The lowest BCUT2D eigenvalue weighted by Gasteiger charge is -2.00. The van der Waals surface area contributed by atoms with Gasteiger partial charge >= 0.3 is 0 Å². The quantitative estimate of drug-likeness (QED) is 0.410. The van der Waals surface area contributed by atoms with Crippen LogP contribution in [0, 0.1) is 0 Å². The maximum atomic E-state index is 8.61. The minimum Gasteiger partial charge on any atom is -0.396 e. The Balaban J connectivity index is 2.24. The van der Waals surface area contributed by atoms with Gasteiger partial charge in [-0.25, -0.2) is 4.68 Å². The molecule has 0 aliphatic heterocycles. The van der Waals surface area contributed by atoms with Gasteiger partial charge in [-0.1, -0.05) is 24.3 Å². The van der Waals surface area contributed by atoms with Gasteiger partial charge in [0.25, 0.3) is 0 Å². The SMILES string of the molecule is C=CCn1nnnc1SCCCCCO. The molecule has 1 aromatic rings. The average molecular weight is 228 g/mol. The van der Waals surface area contributed by atoms with Gasteiger partial charge < -0.3 is 5.11 Å². The lowest BCUT2D eigenvalue weighted by molar-refractivity contribution is 0.284. The normalized spacial score (nSPS) is 10.5. The molecule has 0 bridgehead atoms. The number of tetrazole rings is 1. The summed E-state index contributed by atoms with van der Waals surface area (Å²) < 4.78 is 1.73. The van der Waals surface area contributed by atoms with Gasteiger partial charge in [-0.2, -0.15) is 0 Å². The fraction of sp³-hybridized carbons (Fsp3) is 0.667. The highest BCUT2D eigenvalue weighted by molar-refractivity contribution is 7.99. The monoisotopic (exact) mass is 228 g/mol. The second-order valence-electron chi connectivity index (χ2n) is 3.06. The molecule has 0 amide bonds. The number of aliphatic hydroxyl groups is 1. The summed E-state index contributed by atoms with van der Waals surface area (Å²) in [4.78, 5) is 0. The third-order valence-corrected chi connectivity index (χ3v) is 2.88. The van der Waals surface area contributed by atoms with E-state index in [-0.39, 0.29) is 6.61 Å². The summed E-state index contributed by atoms with van der Waals surface area (Å²) in [7, 11) is 0. The number of nitrogens with zero attached hydrogens (tertiary/aromatic N) is 4. The predicted octanol–water partition coefficient (Wildman–Crippen LogP) is 1.11. The topological polar surface area (TPSA) is 63.8 Å². The number of rotatable bonds is 8. The summed E-state index contributed by atoms with van der Waals surface area (Å²) in [6.45, 7) is 4.57. The molecule has 0 atom stereocenters. The summed E-state index contributed by atoms with van der Waals surface area (Å²) in [6, 6.07) is 0. The Hall–Kier alpha value is -0.880. The number of aliphatic hydroxyl groups excluding tert-OH is 1. The van der Waals surface area contributed by atoms with Crippen molar-refractivity contribution < 1.29 is 5.11 Å². The second-order valence-corrected chi connectivity index (χ2v) is 4.13. The number of hydrogen-bond acceptors (Lipinski definition) is 5. The zero-order chi connectivity index (χ0) is 10.9. The van der Waals surface area contributed by atoms with Crippen molar-refractivity contribution >= 4 is 11.8 Å². The Morgan fingerprint density at radius 3 is 3.00 bits per heavy atom. The first-order valence-electron chi connectivity index (χ1n) is 4.99. The lowest BCUT2D eigenvalue weighted by atomic mass is 10.3. The van der Waals surface area contributed by atoms with Crippen LogP contribution in [0.4, 0.5) is 0 Å². The molecule has 0 saturated heterocycles. The molecule has 1 N–H and O–H groups in total. The molecule has 0 aliphatic rings. The number of aromatic nitrogens is 4. The Morgan fingerprint density at radius 2 is 2.27 bits per heavy atom. The van der Waals surface area contributed by atoms with E-state index in [0.29, 0.717) is 6.54 Å². The molecule has 1 aromatic heterocycles. The van der Waals surface area contributed by atoms with Crippen molar-refractivity contribution in [2.24, 2.45) is 0 Å². The van der Waals surface area contributed by atoms with Crippen LogP contribution in [0.2, 0.25) is 0 Å². The maximum absolute atomic E-state index is 8.61. The molecule has 0 fully saturated rings. The standard InChI is InChI=1S/C9H16N4OS/c1-2-6-13-9(10-11-12-13)15-8-5-3-4-7-14/h2,14H,1,3-8H2. The summed E-state index contributed by atoms with van der Waals surface area (Å²) >= 11 is 1.64. The predicted molar refractivity (Wildman–Crippen MR) is 59.7 cm³/mol. The molecule has 15 heavy (non-hydrogen) atoms. The largest absolute Gasteiger partial charge is 0.396 e. The first-order valence-corrected chi connectivity index (χ1v) is 5.97. The maximum Gasteiger partial charge on any atom is 0.209 e. The van der Waals surface area contributed by atoms with Crippen molar-refractivity contribution in [2.45, 2.75) is 31.0 Å². The molecule has 1 rings (SSSR count). The molecule has 0 aliphatic carbocycles. The molecule has 5 nitrogen and oxygen atoms in total. The van der Waals surface area contributed by atoms with Crippen LogP contribution >= 0.6 is 11.8 Å². The fourth-order valence-electron chi connectivity index (χ4n) is 1.09. The van der Waals surface area contributed by atoms with E-state index in [1.54, 1.807) is 22.5 Å². The van der Waals surface area contributed by atoms with E-state index in [1.165, 1.54) is 0 Å². The molecule has 1 heterocycles. The molecule has 0 saturated carbocycles. The minimum atomic E-state index is 0.277. The van der Waals surface area contributed by atoms with Gasteiger partial charge in [-0.15, -0.1) is 11.7 Å². The van der Waals surface area contributed by atoms with Crippen molar-refractivity contribution in [3.63, 3.8) is 0 Å². The van der Waals surface area contributed by atoms with Crippen LogP contribution in [0.3, 0.4) is 0 Å². The van der Waals surface area contributed by atoms with Gasteiger partial charge in [0.05, 0.1) is 6.54 Å². The van der Waals surface area contributed by atoms with E-state index >= 15 is 0 Å². The van der Waals surface area contributed by atoms with E-state index in [4.69, 9.17) is 5.11 Å². The summed E-state index contributed by atoms with van der Waals surface area (Å²) in [5.74, 6) is 0.984. The van der Waals surface area contributed by atoms with Crippen molar-refractivity contribution in [2.75, 3.05) is 12.4 Å². The van der Waals surface area contributed by atoms with E-state index in [9.17, 15) is 0 Å². The highest BCUT2D eigenvalue weighted by Crippen LogP contribution is 2.15. The Bertz CT molecular complexity index is 289. The van der Waals surface area contributed by atoms with E-state index in [2.05, 4.69) is 22.1 Å². The minimum absolute atomic E-state index is 0.277. The van der Waals surface area contributed by atoms with E-state index in [0.717, 1.165) is 30.2 Å². The third-order valence-electron chi connectivity index (χ3n) is 1.83. The first-order chi connectivity index (χ1) is 7.38. The van der Waals surface area contributed by atoms with Crippen LogP contribution < -0.4 is 0 Å². The molecule has 0 unspecified atom stereocenters. The molecule has 0 spiro atoms. The van der Waals surface area contributed by atoms with Crippen LogP contribution in [0.1, 0.15) is 19.3 Å². The second kappa shape index (κ2) is 7.42. The number of thioether (sulfide) groups is 1. The molecule has 84 valence electrons. The van der Waals surface area contributed by atoms with E-state index < -0.39 is 0 Å². The van der Waals surface area contributed by atoms with Gasteiger partial charge in [0, 0.05) is 12.4 Å². The summed E-state index contributed by atoms with van der Waals surface area (Å²) in [5, 5.41) is 20.8. The smallest absolute Gasteiger partial charge is 0.209 e. The number of allylic oxidation sites excluding steroid dienone is 1. The van der Waals surface area contributed by atoms with Gasteiger partial charge in [-0.05, 0) is 23.3 Å². The lowest BCUT2D eigenvalue weighted by Crippen LogP contribution is -2.00. The van der Waals surface area contributed by atoms with Crippen molar-refractivity contribution in [1.82, 2.24) is 20.2 Å². The zero-order valence-corrected chi connectivity index (χ0v) is 9.49. The molecule has 6 heteroatoms. The number of unbranched alkanes of at least 4 members (excludes halogenated alkanes) is 2. The molecular formula is C9H16N4OS. The van der Waals surface area contributed by atoms with Crippen molar-refractivity contribution in [3.8, 4) is 0 Å². The molecular weight excluding hydrogens is 212 g/mol. The van der Waals surface area contributed by atoms with Crippen LogP contribution in [-0.2, 0) is 6.54 Å². The third kappa shape index (κ3) is 4.44. The number of hydrogen-bond donors (Lipinski definition) is 1. The van der Waals surface area contributed by atoms with Crippen LogP contribution in [0.5, 0.6) is 0 Å². The molecule has 0 aromatic carbocycles. The first kappa shape index (κ1) is 12.2. The van der Waals surface area contributed by atoms with Crippen molar-refractivity contribution in [1.29, 1.82) is 0 Å². The summed E-state index contributed by atoms with van der Waals surface area (Å²) in [5.41, 5.74) is 0. The van der Waals surface area contributed by atoms with Gasteiger partial charge in [0.1, 0.15) is 0 Å². The van der Waals surface area contributed by atoms with Crippen LogP contribution in [0.15, 0.2) is 17.8 Å². The highest BCUT2D eigenvalue weighted by atomic mass is 32.2. The molecule has 0 radical (unpaired) electrons. The highest BCUT2D eigenvalue weighted by Gasteiger charge is 2.04.